The number of amides is 1. The van der Waals surface area contributed by atoms with Gasteiger partial charge in [0, 0.05) is 24.4 Å². The lowest BCUT2D eigenvalue weighted by atomic mass is 9.97. The first-order chi connectivity index (χ1) is 11.6. The fourth-order valence-electron chi connectivity index (χ4n) is 3.27. The first-order valence-electron chi connectivity index (χ1n) is 8.08. The van der Waals surface area contributed by atoms with Gasteiger partial charge in [0.2, 0.25) is 0 Å². The molecule has 7 nitrogen and oxygen atoms in total. The molecule has 0 unspecified atom stereocenters. The zero-order valence-corrected chi connectivity index (χ0v) is 13.2. The van der Waals surface area contributed by atoms with Gasteiger partial charge in [0.15, 0.2) is 5.69 Å². The lowest BCUT2D eigenvalue weighted by molar-refractivity contribution is -0.137. The predicted molar refractivity (Wildman–Crippen MR) is 87.9 cm³/mol. The van der Waals surface area contributed by atoms with Crippen LogP contribution in [0.2, 0.25) is 0 Å². The quantitative estimate of drug-likeness (QED) is 0.890. The van der Waals surface area contributed by atoms with Gasteiger partial charge in [-0.2, -0.15) is 5.10 Å². The summed E-state index contributed by atoms with van der Waals surface area (Å²) < 4.78 is 0. The Bertz CT molecular complexity index is 830. The van der Waals surface area contributed by atoms with Crippen LogP contribution in [0.5, 0.6) is 0 Å². The number of benzene rings is 1. The lowest BCUT2D eigenvalue weighted by Gasteiger charge is -2.35. The highest BCUT2D eigenvalue weighted by Crippen LogP contribution is 2.24. The number of likely N-dealkylation sites (tertiary alicyclic amines) is 1. The molecule has 1 aliphatic rings. The molecule has 0 spiro atoms. The molecule has 1 aliphatic heterocycles. The highest BCUT2D eigenvalue weighted by atomic mass is 16.4. The Balaban J connectivity index is 1.94. The van der Waals surface area contributed by atoms with Crippen LogP contribution < -0.4 is 5.56 Å². The summed E-state index contributed by atoms with van der Waals surface area (Å²) in [5.41, 5.74) is -0.115. The van der Waals surface area contributed by atoms with Crippen LogP contribution in [-0.4, -0.2) is 44.7 Å². The Hall–Kier alpha value is -2.70. The number of rotatable bonds is 4. The minimum atomic E-state index is -0.861. The number of aromatic amines is 1. The molecule has 2 N–H and O–H groups in total. The number of carbonyl (C=O) groups is 2. The predicted octanol–water partition coefficient (Wildman–Crippen LogP) is 1.78. The number of nitrogens with zero attached hydrogens (tertiary/aromatic N) is 2. The topological polar surface area (TPSA) is 103 Å². The van der Waals surface area contributed by atoms with Gasteiger partial charge in [-0.05, 0) is 31.7 Å². The van der Waals surface area contributed by atoms with E-state index in [9.17, 15) is 14.4 Å². The summed E-state index contributed by atoms with van der Waals surface area (Å²) in [5.74, 6) is -1.11. The Kier molecular flexibility index (Phi) is 4.59. The van der Waals surface area contributed by atoms with E-state index >= 15 is 0 Å². The van der Waals surface area contributed by atoms with Crippen molar-refractivity contribution in [2.75, 3.05) is 6.54 Å². The van der Waals surface area contributed by atoms with Crippen LogP contribution in [0, 0.1) is 0 Å². The number of carboxylic acid groups (broad SMARTS) is 1. The number of aliphatic carboxylic acids is 1. The van der Waals surface area contributed by atoms with E-state index in [1.807, 2.05) is 0 Å². The summed E-state index contributed by atoms with van der Waals surface area (Å²) in [6.45, 7) is 0.582. The maximum absolute atomic E-state index is 13.0. The third-order valence-corrected chi connectivity index (χ3v) is 4.48. The Labute approximate surface area is 138 Å². The average Bonchev–Trinajstić information content (AvgIpc) is 2.60. The Morgan fingerprint density at radius 3 is 2.75 bits per heavy atom. The first-order valence-corrected chi connectivity index (χ1v) is 8.08. The molecule has 1 amide bonds. The Morgan fingerprint density at radius 2 is 2.00 bits per heavy atom. The highest BCUT2D eigenvalue weighted by molar-refractivity contribution is 6.04. The van der Waals surface area contributed by atoms with Crippen molar-refractivity contribution in [3.63, 3.8) is 0 Å². The van der Waals surface area contributed by atoms with Gasteiger partial charge in [-0.1, -0.05) is 18.2 Å². The zero-order chi connectivity index (χ0) is 17.1. The molecule has 126 valence electrons. The van der Waals surface area contributed by atoms with Crippen molar-refractivity contribution in [3.05, 3.63) is 40.3 Å². The van der Waals surface area contributed by atoms with E-state index in [1.54, 1.807) is 29.2 Å². The number of H-pyrrole nitrogens is 1. The number of fused-ring (bicyclic) bond motifs is 1. The van der Waals surface area contributed by atoms with Crippen LogP contribution >= 0.6 is 0 Å². The standard InChI is InChI=1S/C17H19N3O4/c21-14(22)9-8-11-5-3-4-10-20(11)17(24)15-12-6-1-2-7-13(12)16(23)19-18-15/h1-2,6-7,11H,3-5,8-10H2,(H,19,23)(H,21,22)/t11-/m0/s1. The minimum absolute atomic E-state index is 0.0360. The van der Waals surface area contributed by atoms with Crippen LogP contribution in [0.15, 0.2) is 29.1 Å². The fraction of sp³-hybridized carbons (Fsp3) is 0.412. The molecule has 1 atom stereocenters. The van der Waals surface area contributed by atoms with Crippen LogP contribution in [0.25, 0.3) is 10.8 Å². The highest BCUT2D eigenvalue weighted by Gasteiger charge is 2.29. The van der Waals surface area contributed by atoms with E-state index in [-0.39, 0.29) is 29.6 Å². The molecular formula is C17H19N3O4. The molecule has 2 aromatic rings. The summed E-state index contributed by atoms with van der Waals surface area (Å²) >= 11 is 0. The lowest BCUT2D eigenvalue weighted by Crippen LogP contribution is -2.44. The second-order valence-electron chi connectivity index (χ2n) is 6.03. The number of hydrogen-bond acceptors (Lipinski definition) is 4. The summed E-state index contributed by atoms with van der Waals surface area (Å²) in [4.78, 5) is 37.4. The maximum atomic E-state index is 13.0. The molecule has 0 bridgehead atoms. The molecule has 0 radical (unpaired) electrons. The van der Waals surface area contributed by atoms with E-state index in [4.69, 9.17) is 5.11 Å². The number of hydrogen-bond donors (Lipinski definition) is 2. The summed E-state index contributed by atoms with van der Waals surface area (Å²) in [5, 5.41) is 16.2. The monoisotopic (exact) mass is 329 g/mol. The second-order valence-corrected chi connectivity index (χ2v) is 6.03. The summed E-state index contributed by atoms with van der Waals surface area (Å²) in [6.07, 6.45) is 3.13. The molecule has 1 saturated heterocycles. The zero-order valence-electron chi connectivity index (χ0n) is 13.2. The average molecular weight is 329 g/mol. The molecule has 0 aliphatic carbocycles. The minimum Gasteiger partial charge on any atom is -0.481 e. The van der Waals surface area contributed by atoms with Crippen molar-refractivity contribution in [2.24, 2.45) is 0 Å². The van der Waals surface area contributed by atoms with Gasteiger partial charge < -0.3 is 10.0 Å². The van der Waals surface area contributed by atoms with Gasteiger partial charge in [0.05, 0.1) is 5.39 Å². The molecule has 1 aromatic heterocycles. The van der Waals surface area contributed by atoms with Crippen LogP contribution in [-0.2, 0) is 4.79 Å². The van der Waals surface area contributed by atoms with Gasteiger partial charge in [-0.15, -0.1) is 0 Å². The van der Waals surface area contributed by atoms with Crippen molar-refractivity contribution >= 4 is 22.6 Å². The molecule has 0 saturated carbocycles. The van der Waals surface area contributed by atoms with E-state index in [1.165, 1.54) is 0 Å². The van der Waals surface area contributed by atoms with Crippen molar-refractivity contribution < 1.29 is 14.7 Å². The van der Waals surface area contributed by atoms with E-state index in [0.29, 0.717) is 23.7 Å². The van der Waals surface area contributed by atoms with Crippen molar-refractivity contribution in [3.8, 4) is 0 Å². The van der Waals surface area contributed by atoms with E-state index < -0.39 is 5.97 Å². The Morgan fingerprint density at radius 1 is 1.25 bits per heavy atom. The van der Waals surface area contributed by atoms with Gasteiger partial charge in [0.1, 0.15) is 0 Å². The molecule has 7 heteroatoms. The van der Waals surface area contributed by atoms with E-state index in [2.05, 4.69) is 10.2 Å². The van der Waals surface area contributed by atoms with Gasteiger partial charge in [-0.3, -0.25) is 14.4 Å². The molecule has 3 rings (SSSR count). The SMILES string of the molecule is O=C(O)CC[C@@H]1CCCCN1C(=O)c1n[nH]c(=O)c2ccccc12. The van der Waals surface area contributed by atoms with Crippen LogP contribution in [0.4, 0.5) is 0 Å². The number of piperidine rings is 1. The number of carboxylic acids is 1. The molecule has 24 heavy (non-hydrogen) atoms. The number of carbonyl (C=O) groups excluding carboxylic acids is 1. The van der Waals surface area contributed by atoms with Crippen LogP contribution in [0.1, 0.15) is 42.6 Å². The van der Waals surface area contributed by atoms with Gasteiger partial charge in [-0.25, -0.2) is 5.10 Å². The number of aromatic nitrogens is 2. The smallest absolute Gasteiger partial charge is 0.303 e. The largest absolute Gasteiger partial charge is 0.481 e. The number of nitrogens with one attached hydrogen (secondary N) is 1. The van der Waals surface area contributed by atoms with Crippen LogP contribution in [0.3, 0.4) is 0 Å². The molecular weight excluding hydrogens is 310 g/mol. The second kappa shape index (κ2) is 6.82. The third-order valence-electron chi connectivity index (χ3n) is 4.48. The molecule has 1 aromatic carbocycles. The third kappa shape index (κ3) is 3.15. The summed E-state index contributed by atoms with van der Waals surface area (Å²) in [6, 6.07) is 6.77. The molecule has 1 fully saturated rings. The normalized spacial score (nSPS) is 17.8. The van der Waals surface area contributed by atoms with Gasteiger partial charge >= 0.3 is 5.97 Å². The van der Waals surface area contributed by atoms with Crippen molar-refractivity contribution in [1.82, 2.24) is 15.1 Å². The first kappa shape index (κ1) is 16.2. The van der Waals surface area contributed by atoms with Crippen molar-refractivity contribution in [1.29, 1.82) is 0 Å². The molecule has 2 heterocycles. The van der Waals surface area contributed by atoms with Gasteiger partial charge in [0.25, 0.3) is 11.5 Å². The summed E-state index contributed by atoms with van der Waals surface area (Å²) in [7, 11) is 0. The van der Waals surface area contributed by atoms with Crippen molar-refractivity contribution in [2.45, 2.75) is 38.1 Å². The van der Waals surface area contributed by atoms with E-state index in [0.717, 1.165) is 19.3 Å². The maximum Gasteiger partial charge on any atom is 0.303 e. The fourth-order valence-corrected chi connectivity index (χ4v) is 3.27.